The molecule has 5 aliphatic heterocycles. The summed E-state index contributed by atoms with van der Waals surface area (Å²) in [7, 11) is -5.86. The number of imide groups is 1. The van der Waals surface area contributed by atoms with Crippen LogP contribution in [0.25, 0.3) is 10.1 Å². The Labute approximate surface area is 469 Å². The lowest BCUT2D eigenvalue weighted by atomic mass is 9.91. The number of benzene rings is 3. The molecule has 0 bridgehead atoms. The third kappa shape index (κ3) is 13.2. The van der Waals surface area contributed by atoms with Gasteiger partial charge >= 0.3 is 13.3 Å². The topological polar surface area (TPSA) is 295 Å². The number of hydrogen-bond donors (Lipinski definition) is 7. The Bertz CT molecular complexity index is 3260. The van der Waals surface area contributed by atoms with Crippen LogP contribution in [0.15, 0.2) is 72.8 Å². The molecule has 81 heavy (non-hydrogen) atoms. The van der Waals surface area contributed by atoms with Crippen molar-refractivity contribution in [3.05, 3.63) is 105 Å². The number of amides is 9. The lowest BCUT2D eigenvalue weighted by Crippen LogP contribution is -2.59. The van der Waals surface area contributed by atoms with Crippen molar-refractivity contribution in [3.8, 4) is 11.8 Å². The molecule has 428 valence electrons. The zero-order valence-corrected chi connectivity index (χ0v) is 45.9. The third-order valence-electron chi connectivity index (χ3n) is 16.0. The first-order valence-corrected chi connectivity index (χ1v) is 29.7. The van der Waals surface area contributed by atoms with E-state index in [1.165, 1.54) is 21.9 Å². The monoisotopic (exact) mass is 1150 g/mol. The van der Waals surface area contributed by atoms with Gasteiger partial charge in [-0.05, 0) is 111 Å². The fraction of sp³-hybridized carbons (Fsp3) is 0.456. The SMILES string of the molecule is NC(=O)CCC(NC(=O)[C@@H]1CC[C@@H]2CCCC[C@H](NC(=O)c3cc4cc(C(F)(F)P(=O)(O)O)ccc4s3)C(=O)N21)C(=O)NC(Cc1ccccc1)C(=O)N1CCC(CCC#Cc2cccc3c2CN(C2CCC(=O)NC2=O)C3=O)CC1. The van der Waals surface area contributed by atoms with Crippen molar-refractivity contribution in [2.45, 2.75) is 145 Å². The van der Waals surface area contributed by atoms with Crippen molar-refractivity contribution in [1.82, 2.24) is 36.0 Å². The van der Waals surface area contributed by atoms with E-state index in [0.29, 0.717) is 73.9 Å². The van der Waals surface area contributed by atoms with Gasteiger partial charge in [0.15, 0.2) is 0 Å². The molecule has 8 N–H and O–H groups in total. The summed E-state index contributed by atoms with van der Waals surface area (Å²) in [6.45, 7) is 1.04. The minimum Gasteiger partial charge on any atom is -0.370 e. The summed E-state index contributed by atoms with van der Waals surface area (Å²) in [5.74, 6) is 1.91. The standard InChI is InChI=1S/C57H63F2N8O12PS/c58-57(59,80(77,78)79)37-17-22-46-36(30-37)31-47(81-46)53(73)62-42-16-7-6-14-38-18-20-45(67(38)56(42)76)52(72)61-41(19-23-48(60)68)50(70)63-43(29-34-10-2-1-3-11-34)55(75)65-27-25-33(26-28-65)9-4-5-12-35-13-8-15-39-40(35)32-66(54(39)74)44-21-24-49(69)64-51(44)71/h1-3,8,10-11,13,15,17,22,30-31,33,38,41-45H,4,6-7,9,14,16,18-21,23-29,32H2,(H2,60,68)(H,61,72)(H,62,73)(H,63,70)(H,64,69,71)(H2,77,78,79)/t38-,41?,42-,43?,44?,45-/m0/s1. The number of nitrogens with two attached hydrogens (primary N) is 1. The molecule has 4 saturated heterocycles. The molecule has 24 heteroatoms. The molecule has 0 aliphatic carbocycles. The van der Waals surface area contributed by atoms with Crippen LogP contribution in [0.1, 0.15) is 132 Å². The highest BCUT2D eigenvalue weighted by atomic mass is 32.1. The van der Waals surface area contributed by atoms with Crippen LogP contribution < -0.4 is 27.0 Å². The fourth-order valence-electron chi connectivity index (χ4n) is 11.6. The van der Waals surface area contributed by atoms with E-state index in [4.69, 9.17) is 5.73 Å². The third-order valence-corrected chi connectivity index (χ3v) is 18.1. The molecule has 6 heterocycles. The van der Waals surface area contributed by atoms with Gasteiger partial charge in [-0.3, -0.25) is 53.0 Å². The summed E-state index contributed by atoms with van der Waals surface area (Å²) >= 11 is 0.935. The number of carbonyl (C=O) groups excluding carboxylic acids is 9. The van der Waals surface area contributed by atoms with Crippen LogP contribution in [0, 0.1) is 17.8 Å². The smallest absolute Gasteiger partial charge is 0.370 e. The van der Waals surface area contributed by atoms with Crippen molar-refractivity contribution < 1.29 is 66.3 Å². The number of nitrogens with zero attached hydrogens (tertiary/aromatic N) is 3. The fourth-order valence-corrected chi connectivity index (χ4v) is 13.0. The molecule has 4 fully saturated rings. The van der Waals surface area contributed by atoms with Gasteiger partial charge in [0, 0.05) is 72.7 Å². The van der Waals surface area contributed by atoms with E-state index in [2.05, 4.69) is 33.1 Å². The first kappa shape index (κ1) is 58.3. The molecule has 0 saturated carbocycles. The van der Waals surface area contributed by atoms with Gasteiger partial charge < -0.3 is 46.2 Å². The Morgan fingerprint density at radius 1 is 0.877 bits per heavy atom. The Hall–Kier alpha value is -7.38. The van der Waals surface area contributed by atoms with Gasteiger partial charge in [-0.2, -0.15) is 8.78 Å². The Morgan fingerprint density at radius 2 is 1.63 bits per heavy atom. The molecule has 3 aromatic carbocycles. The lowest BCUT2D eigenvalue weighted by molar-refractivity contribution is -0.143. The average molecular weight is 1150 g/mol. The number of thiophene rings is 1. The number of hydrogen-bond acceptors (Lipinski definition) is 11. The van der Waals surface area contributed by atoms with Crippen molar-refractivity contribution in [1.29, 1.82) is 0 Å². The first-order valence-electron chi connectivity index (χ1n) is 27.2. The Balaban J connectivity index is 0.826. The number of halogens is 2. The number of fused-ring (bicyclic) bond motifs is 3. The predicted octanol–water partition coefficient (Wildman–Crippen LogP) is 4.47. The maximum Gasteiger partial charge on any atom is 0.399 e. The summed E-state index contributed by atoms with van der Waals surface area (Å²) in [5, 5.41) is 10.9. The van der Waals surface area contributed by atoms with Crippen LogP contribution in [0.3, 0.4) is 0 Å². The molecule has 0 radical (unpaired) electrons. The zero-order valence-electron chi connectivity index (χ0n) is 44.2. The maximum atomic E-state index is 14.5. The van der Waals surface area contributed by atoms with Crippen LogP contribution in [-0.2, 0) is 56.8 Å². The number of alkyl halides is 2. The number of primary amides is 1. The molecule has 6 atom stereocenters. The minimum absolute atomic E-state index is 0.0520. The van der Waals surface area contributed by atoms with Gasteiger partial charge in [0.1, 0.15) is 30.2 Å². The van der Waals surface area contributed by atoms with Crippen molar-refractivity contribution >= 4 is 82.2 Å². The number of piperidine rings is 2. The molecule has 20 nitrogen and oxygen atoms in total. The second-order valence-corrected chi connectivity index (χ2v) is 24.1. The minimum atomic E-state index is -5.86. The predicted molar refractivity (Wildman–Crippen MR) is 291 cm³/mol. The lowest BCUT2D eigenvalue weighted by Gasteiger charge is -2.36. The normalized spacial score (nSPS) is 21.4. The van der Waals surface area contributed by atoms with E-state index in [1.54, 1.807) is 17.0 Å². The summed E-state index contributed by atoms with van der Waals surface area (Å²) in [6.07, 6.45) is 5.39. The van der Waals surface area contributed by atoms with E-state index in [1.807, 2.05) is 36.4 Å². The zero-order chi connectivity index (χ0) is 57.8. The largest absolute Gasteiger partial charge is 0.399 e. The van der Waals surface area contributed by atoms with Crippen LogP contribution in [0.4, 0.5) is 8.78 Å². The van der Waals surface area contributed by atoms with Crippen LogP contribution in [-0.4, -0.2) is 127 Å². The highest BCUT2D eigenvalue weighted by molar-refractivity contribution is 7.52. The maximum absolute atomic E-state index is 14.5. The quantitative estimate of drug-likeness (QED) is 0.0438. The second-order valence-electron chi connectivity index (χ2n) is 21.4. The van der Waals surface area contributed by atoms with E-state index >= 15 is 0 Å². The molecular formula is C57H63F2N8O12PS. The number of likely N-dealkylation sites (tertiary alicyclic amines) is 1. The van der Waals surface area contributed by atoms with Gasteiger partial charge in [-0.25, -0.2) is 0 Å². The van der Waals surface area contributed by atoms with Gasteiger partial charge in [-0.15, -0.1) is 11.3 Å². The van der Waals surface area contributed by atoms with Crippen LogP contribution in [0.2, 0.25) is 0 Å². The number of carbonyl (C=O) groups is 9. The van der Waals surface area contributed by atoms with Crippen molar-refractivity contribution in [2.75, 3.05) is 13.1 Å². The summed E-state index contributed by atoms with van der Waals surface area (Å²) in [4.78, 5) is 144. The van der Waals surface area contributed by atoms with Crippen molar-refractivity contribution in [2.24, 2.45) is 11.7 Å². The molecule has 4 aromatic rings. The highest BCUT2D eigenvalue weighted by Gasteiger charge is 2.51. The van der Waals surface area contributed by atoms with Crippen molar-refractivity contribution in [3.63, 3.8) is 0 Å². The molecule has 9 rings (SSSR count). The Kier molecular flexibility index (Phi) is 17.8. The molecule has 5 aliphatic rings. The van der Waals surface area contributed by atoms with Crippen LogP contribution >= 0.6 is 18.9 Å². The van der Waals surface area contributed by atoms with Gasteiger partial charge in [0.25, 0.3) is 11.8 Å². The van der Waals surface area contributed by atoms with Crippen LogP contribution in [0.5, 0.6) is 0 Å². The van der Waals surface area contributed by atoms with Gasteiger partial charge in [0.2, 0.25) is 41.4 Å². The summed E-state index contributed by atoms with van der Waals surface area (Å²) in [5.41, 5.74) is 2.85. The molecule has 3 unspecified atom stereocenters. The summed E-state index contributed by atoms with van der Waals surface area (Å²) < 4.78 is 41.0. The molecular weight excluding hydrogens is 1090 g/mol. The second kappa shape index (κ2) is 24.8. The van der Waals surface area contributed by atoms with E-state index in [-0.39, 0.29) is 91.4 Å². The molecule has 1 aromatic heterocycles. The first-order chi connectivity index (χ1) is 38.7. The van der Waals surface area contributed by atoms with E-state index in [0.717, 1.165) is 41.0 Å². The number of rotatable bonds is 17. The van der Waals surface area contributed by atoms with E-state index < -0.39 is 84.5 Å². The average Bonchev–Trinajstić information content (AvgIpc) is 4.34. The van der Waals surface area contributed by atoms with Gasteiger partial charge in [-0.1, -0.05) is 67.1 Å². The van der Waals surface area contributed by atoms with E-state index in [9.17, 15) is 66.3 Å². The Morgan fingerprint density at radius 3 is 2.36 bits per heavy atom. The molecule has 0 spiro atoms. The molecule has 9 amide bonds. The summed E-state index contributed by atoms with van der Waals surface area (Å²) in [6, 6.07) is 13.0. The number of nitrogens with one attached hydrogen (secondary N) is 4. The highest BCUT2D eigenvalue weighted by Crippen LogP contribution is 2.59. The van der Waals surface area contributed by atoms with Gasteiger partial charge in [0.05, 0.1) is 4.88 Å².